The fourth-order valence-corrected chi connectivity index (χ4v) is 3.65. The van der Waals surface area contributed by atoms with Gasteiger partial charge in [-0.05, 0) is 28.5 Å². The molecule has 2 aromatic carbocycles. The number of nitrogens with one attached hydrogen (secondary N) is 1. The van der Waals surface area contributed by atoms with Gasteiger partial charge in [-0.25, -0.2) is 9.61 Å². The summed E-state index contributed by atoms with van der Waals surface area (Å²) in [5.41, 5.74) is 2.86. The molecule has 1 aliphatic heterocycles. The van der Waals surface area contributed by atoms with Crippen LogP contribution in [0.15, 0.2) is 35.0 Å². The number of hydrogen-bond donors (Lipinski definition) is 2. The Bertz CT molecular complexity index is 1220. The van der Waals surface area contributed by atoms with Crippen molar-refractivity contribution >= 4 is 45.1 Å². The summed E-state index contributed by atoms with van der Waals surface area (Å²) in [5, 5.41) is 31.3. The first-order valence-corrected chi connectivity index (χ1v) is 8.70. The highest BCUT2D eigenvalue weighted by Gasteiger charge is 2.32. The van der Waals surface area contributed by atoms with E-state index in [9.17, 15) is 10.1 Å². The monoisotopic (exact) mass is 381 g/mol. The van der Waals surface area contributed by atoms with Crippen molar-refractivity contribution in [3.05, 3.63) is 40.4 Å². The standard InChI is InChI=1S/C17H15N7O4/c25-8-5-18-11-9-13(14-15(21-28-20-14)16(11)24(26)27)23-7-6-22-12-4-2-1-3-10(12)19-17(22)23/h1-4,9,18,25H,5-8H2. The minimum atomic E-state index is -0.532. The maximum absolute atomic E-state index is 11.6. The zero-order valence-electron chi connectivity index (χ0n) is 14.6. The molecule has 2 N–H and O–H groups in total. The lowest BCUT2D eigenvalue weighted by Gasteiger charge is -2.17. The van der Waals surface area contributed by atoms with Crippen LogP contribution in [0.3, 0.4) is 0 Å². The van der Waals surface area contributed by atoms with E-state index in [4.69, 9.17) is 14.7 Å². The van der Waals surface area contributed by atoms with Crippen LogP contribution in [-0.2, 0) is 6.54 Å². The Balaban J connectivity index is 1.71. The number of rotatable bonds is 5. The summed E-state index contributed by atoms with van der Waals surface area (Å²) >= 11 is 0. The van der Waals surface area contributed by atoms with Gasteiger partial charge in [0.25, 0.3) is 0 Å². The molecule has 28 heavy (non-hydrogen) atoms. The molecule has 0 fully saturated rings. The van der Waals surface area contributed by atoms with Gasteiger partial charge in [-0.1, -0.05) is 12.1 Å². The van der Waals surface area contributed by atoms with Crippen molar-refractivity contribution in [1.29, 1.82) is 0 Å². The lowest BCUT2D eigenvalue weighted by Crippen LogP contribution is -2.16. The molecule has 0 saturated carbocycles. The van der Waals surface area contributed by atoms with Crippen molar-refractivity contribution in [2.24, 2.45) is 0 Å². The molecule has 11 nitrogen and oxygen atoms in total. The first kappa shape index (κ1) is 16.4. The molecule has 0 aliphatic carbocycles. The Morgan fingerprint density at radius 3 is 2.89 bits per heavy atom. The van der Waals surface area contributed by atoms with E-state index in [0.717, 1.165) is 23.5 Å². The molecule has 0 atom stereocenters. The van der Waals surface area contributed by atoms with Gasteiger partial charge < -0.3 is 19.9 Å². The van der Waals surface area contributed by atoms with Crippen LogP contribution < -0.4 is 10.2 Å². The zero-order chi connectivity index (χ0) is 19.3. The number of nitrogens with zero attached hydrogens (tertiary/aromatic N) is 6. The van der Waals surface area contributed by atoms with Crippen LogP contribution in [0.2, 0.25) is 0 Å². The van der Waals surface area contributed by atoms with Crippen molar-refractivity contribution in [1.82, 2.24) is 19.9 Å². The topological polar surface area (TPSA) is 135 Å². The van der Waals surface area contributed by atoms with Gasteiger partial charge in [-0.3, -0.25) is 10.1 Å². The van der Waals surface area contributed by atoms with Crippen molar-refractivity contribution in [3.8, 4) is 0 Å². The maximum Gasteiger partial charge on any atom is 0.323 e. The van der Waals surface area contributed by atoms with E-state index >= 15 is 0 Å². The van der Waals surface area contributed by atoms with Gasteiger partial charge in [0.15, 0.2) is 5.52 Å². The molecular weight excluding hydrogens is 366 g/mol. The lowest BCUT2D eigenvalue weighted by molar-refractivity contribution is -0.382. The average Bonchev–Trinajstić information content (AvgIpc) is 3.40. The predicted molar refractivity (Wildman–Crippen MR) is 101 cm³/mol. The second-order valence-corrected chi connectivity index (χ2v) is 6.36. The van der Waals surface area contributed by atoms with E-state index in [0.29, 0.717) is 17.7 Å². The number of nitro groups is 1. The second kappa shape index (κ2) is 6.16. The number of hydrogen-bond acceptors (Lipinski definition) is 9. The third kappa shape index (κ3) is 2.29. The van der Waals surface area contributed by atoms with E-state index in [1.54, 1.807) is 6.07 Å². The van der Waals surface area contributed by atoms with Gasteiger partial charge in [0, 0.05) is 19.6 Å². The van der Waals surface area contributed by atoms with E-state index in [-0.39, 0.29) is 30.0 Å². The Kier molecular flexibility index (Phi) is 3.62. The SMILES string of the molecule is O=[N+]([O-])c1c(NCCO)cc(N2CCn3c2nc2ccccc23)c2nonc12. The third-order valence-electron chi connectivity index (χ3n) is 4.82. The summed E-state index contributed by atoms with van der Waals surface area (Å²) in [5.74, 6) is 0.729. The number of nitro benzene ring substituents is 1. The highest BCUT2D eigenvalue weighted by molar-refractivity contribution is 6.01. The first-order valence-electron chi connectivity index (χ1n) is 8.70. The van der Waals surface area contributed by atoms with E-state index in [1.807, 2.05) is 29.2 Å². The van der Waals surface area contributed by atoms with Crippen LogP contribution in [0.5, 0.6) is 0 Å². The summed E-state index contributed by atoms with van der Waals surface area (Å²) in [6.07, 6.45) is 0. The molecule has 11 heteroatoms. The first-order chi connectivity index (χ1) is 13.7. The minimum absolute atomic E-state index is 0.0532. The number of aliphatic hydroxyl groups excluding tert-OH is 1. The van der Waals surface area contributed by atoms with Crippen LogP contribution in [0, 0.1) is 10.1 Å². The van der Waals surface area contributed by atoms with Gasteiger partial charge in [-0.2, -0.15) is 0 Å². The number of aliphatic hydroxyl groups is 1. The van der Waals surface area contributed by atoms with Gasteiger partial charge >= 0.3 is 5.69 Å². The molecule has 3 heterocycles. The van der Waals surface area contributed by atoms with Crippen LogP contribution in [0.25, 0.3) is 22.1 Å². The van der Waals surface area contributed by atoms with Crippen LogP contribution in [-0.4, -0.2) is 49.6 Å². The highest BCUT2D eigenvalue weighted by Crippen LogP contribution is 2.42. The van der Waals surface area contributed by atoms with Gasteiger partial charge in [-0.15, -0.1) is 0 Å². The molecule has 0 spiro atoms. The van der Waals surface area contributed by atoms with Crippen molar-refractivity contribution in [2.45, 2.75) is 6.54 Å². The molecule has 0 saturated heterocycles. The maximum atomic E-state index is 11.6. The number of imidazole rings is 1. The lowest BCUT2D eigenvalue weighted by atomic mass is 10.1. The summed E-state index contributed by atoms with van der Waals surface area (Å²) in [6.45, 7) is 1.35. The third-order valence-corrected chi connectivity index (χ3v) is 4.82. The van der Waals surface area contributed by atoms with Crippen molar-refractivity contribution in [2.75, 3.05) is 29.9 Å². The van der Waals surface area contributed by atoms with Crippen molar-refractivity contribution < 1.29 is 14.7 Å². The van der Waals surface area contributed by atoms with E-state index in [2.05, 4.69) is 20.2 Å². The number of para-hydroxylation sites is 2. The van der Waals surface area contributed by atoms with Gasteiger partial charge in [0.1, 0.15) is 5.69 Å². The normalized spacial score (nSPS) is 13.4. The van der Waals surface area contributed by atoms with Crippen LogP contribution in [0.4, 0.5) is 23.0 Å². The van der Waals surface area contributed by atoms with Gasteiger partial charge in [0.05, 0.1) is 28.3 Å². The number of aromatic nitrogens is 4. The number of benzene rings is 2. The Morgan fingerprint density at radius 2 is 2.07 bits per heavy atom. The molecule has 142 valence electrons. The molecule has 5 rings (SSSR count). The molecule has 0 amide bonds. The minimum Gasteiger partial charge on any atom is -0.395 e. The zero-order valence-corrected chi connectivity index (χ0v) is 14.6. The molecule has 2 aromatic heterocycles. The highest BCUT2D eigenvalue weighted by atomic mass is 16.6. The average molecular weight is 381 g/mol. The van der Waals surface area contributed by atoms with Crippen LogP contribution >= 0.6 is 0 Å². The Morgan fingerprint density at radius 1 is 1.25 bits per heavy atom. The fourth-order valence-electron chi connectivity index (χ4n) is 3.65. The molecular formula is C17H15N7O4. The van der Waals surface area contributed by atoms with Gasteiger partial charge in [0.2, 0.25) is 11.5 Å². The predicted octanol–water partition coefficient (Wildman–Crippen LogP) is 2.04. The smallest absolute Gasteiger partial charge is 0.323 e. The Labute approximate surface area is 157 Å². The molecule has 4 aromatic rings. The summed E-state index contributed by atoms with van der Waals surface area (Å²) in [7, 11) is 0. The van der Waals surface area contributed by atoms with E-state index < -0.39 is 4.92 Å². The summed E-state index contributed by atoms with van der Waals surface area (Å²) in [6, 6.07) is 9.47. The molecule has 0 radical (unpaired) electrons. The molecule has 1 aliphatic rings. The number of anilines is 3. The van der Waals surface area contributed by atoms with Crippen molar-refractivity contribution in [3.63, 3.8) is 0 Å². The number of fused-ring (bicyclic) bond motifs is 4. The quantitative estimate of drug-likeness (QED) is 0.393. The second-order valence-electron chi connectivity index (χ2n) is 6.36. The Hall–Kier alpha value is -3.73. The van der Waals surface area contributed by atoms with E-state index in [1.165, 1.54) is 0 Å². The largest absolute Gasteiger partial charge is 0.395 e. The molecule has 0 bridgehead atoms. The fraction of sp³-hybridized carbons (Fsp3) is 0.235. The summed E-state index contributed by atoms with van der Waals surface area (Å²) < 4.78 is 6.92. The summed E-state index contributed by atoms with van der Waals surface area (Å²) in [4.78, 5) is 17.7. The van der Waals surface area contributed by atoms with Crippen LogP contribution in [0.1, 0.15) is 0 Å². The molecule has 0 unspecified atom stereocenters.